The first kappa shape index (κ1) is 21.8. The first-order valence-corrected chi connectivity index (χ1v) is 9.99. The molecule has 2 N–H and O–H groups in total. The maximum Gasteiger partial charge on any atom is 0.408 e. The summed E-state index contributed by atoms with van der Waals surface area (Å²) in [6, 6.07) is 7.20. The van der Waals surface area contributed by atoms with Gasteiger partial charge in [-0.15, -0.1) is 0 Å². The predicted octanol–water partition coefficient (Wildman–Crippen LogP) is 4.51. The Kier molecular flexibility index (Phi) is 7.49. The van der Waals surface area contributed by atoms with E-state index >= 15 is 0 Å². The van der Waals surface area contributed by atoms with E-state index in [9.17, 15) is 9.59 Å². The number of aromatic nitrogens is 1. The van der Waals surface area contributed by atoms with E-state index in [4.69, 9.17) is 9.47 Å². The van der Waals surface area contributed by atoms with Crippen molar-refractivity contribution in [3.63, 3.8) is 0 Å². The summed E-state index contributed by atoms with van der Waals surface area (Å²) in [5.74, 6) is -0.458. The second-order valence-corrected chi connectivity index (χ2v) is 7.89. The number of carbonyl (C=O) groups excluding carboxylic acids is 2. The predicted molar refractivity (Wildman–Crippen MR) is 110 cm³/mol. The maximum atomic E-state index is 12.5. The fourth-order valence-corrected chi connectivity index (χ4v) is 3.15. The van der Waals surface area contributed by atoms with Crippen LogP contribution in [0.25, 0.3) is 10.9 Å². The zero-order valence-electron chi connectivity index (χ0n) is 17.6. The van der Waals surface area contributed by atoms with Gasteiger partial charge in [0.2, 0.25) is 0 Å². The summed E-state index contributed by atoms with van der Waals surface area (Å²) >= 11 is 0. The van der Waals surface area contributed by atoms with Crippen molar-refractivity contribution < 1.29 is 19.1 Å². The number of hydrogen-bond donors (Lipinski definition) is 2. The Hall–Kier alpha value is -2.50. The van der Waals surface area contributed by atoms with Crippen molar-refractivity contribution in [2.24, 2.45) is 0 Å². The zero-order chi connectivity index (χ0) is 20.7. The molecule has 0 saturated carbocycles. The van der Waals surface area contributed by atoms with E-state index in [1.807, 2.05) is 24.3 Å². The van der Waals surface area contributed by atoms with Gasteiger partial charge < -0.3 is 19.8 Å². The number of benzene rings is 1. The molecule has 1 amide bonds. The van der Waals surface area contributed by atoms with Gasteiger partial charge in [-0.3, -0.25) is 0 Å². The smallest absolute Gasteiger partial charge is 0.408 e. The van der Waals surface area contributed by atoms with Crippen LogP contribution in [-0.4, -0.2) is 35.3 Å². The molecule has 1 aromatic carbocycles. The number of esters is 1. The van der Waals surface area contributed by atoms with E-state index in [2.05, 4.69) is 17.2 Å². The fraction of sp³-hybridized carbons (Fsp3) is 0.545. The monoisotopic (exact) mass is 388 g/mol. The Morgan fingerprint density at radius 3 is 2.54 bits per heavy atom. The lowest BCUT2D eigenvalue weighted by Gasteiger charge is -2.23. The number of aryl methyl sites for hydroxylation is 1. The molecular weight excluding hydrogens is 356 g/mol. The second-order valence-electron chi connectivity index (χ2n) is 7.89. The van der Waals surface area contributed by atoms with E-state index < -0.39 is 23.7 Å². The van der Waals surface area contributed by atoms with Crippen molar-refractivity contribution in [3.05, 3.63) is 35.5 Å². The van der Waals surface area contributed by atoms with Crippen LogP contribution in [0.1, 0.15) is 58.7 Å². The van der Waals surface area contributed by atoms with Crippen LogP contribution in [0.5, 0.6) is 0 Å². The number of aromatic amines is 1. The SMILES string of the molecule is CCCCc1[nH]c2ccccc2c1C[C@H](NC(=O)OC(C)(C)C)C(=O)OCC. The van der Waals surface area contributed by atoms with Crippen LogP contribution in [0.4, 0.5) is 4.79 Å². The second kappa shape index (κ2) is 9.62. The van der Waals surface area contributed by atoms with Crippen LogP contribution in [0.3, 0.4) is 0 Å². The number of rotatable bonds is 8. The number of nitrogens with one attached hydrogen (secondary N) is 2. The fourth-order valence-electron chi connectivity index (χ4n) is 3.15. The molecule has 2 aromatic rings. The van der Waals surface area contributed by atoms with Gasteiger partial charge in [-0.05, 0) is 52.2 Å². The van der Waals surface area contributed by atoms with Gasteiger partial charge in [0.05, 0.1) is 6.61 Å². The summed E-state index contributed by atoms with van der Waals surface area (Å²) in [6.07, 6.45) is 2.74. The molecule has 0 fully saturated rings. The minimum Gasteiger partial charge on any atom is -0.464 e. The van der Waals surface area contributed by atoms with Crippen molar-refractivity contribution in [3.8, 4) is 0 Å². The molecule has 6 nitrogen and oxygen atoms in total. The number of ether oxygens (including phenoxy) is 2. The molecule has 1 aromatic heterocycles. The molecule has 0 bridgehead atoms. The van der Waals surface area contributed by atoms with Gasteiger partial charge in [0.15, 0.2) is 0 Å². The van der Waals surface area contributed by atoms with Crippen LogP contribution in [0.2, 0.25) is 0 Å². The molecule has 1 heterocycles. The van der Waals surface area contributed by atoms with Gasteiger partial charge >= 0.3 is 12.1 Å². The Labute approximate surface area is 167 Å². The molecule has 28 heavy (non-hydrogen) atoms. The molecule has 0 spiro atoms. The third-order valence-corrected chi connectivity index (χ3v) is 4.35. The highest BCUT2D eigenvalue weighted by Crippen LogP contribution is 2.25. The Bertz CT molecular complexity index is 804. The average Bonchev–Trinajstić information content (AvgIpc) is 2.95. The molecular formula is C22H32N2O4. The van der Waals surface area contributed by atoms with Crippen LogP contribution < -0.4 is 5.32 Å². The van der Waals surface area contributed by atoms with Crippen LogP contribution in [0.15, 0.2) is 24.3 Å². The molecule has 0 saturated heterocycles. The lowest BCUT2D eigenvalue weighted by Crippen LogP contribution is -2.45. The molecule has 0 aliphatic rings. The third kappa shape index (κ3) is 6.01. The van der Waals surface area contributed by atoms with Crippen molar-refractivity contribution in [2.45, 2.75) is 71.9 Å². The summed E-state index contributed by atoms with van der Waals surface area (Å²) in [7, 11) is 0. The van der Waals surface area contributed by atoms with E-state index in [-0.39, 0.29) is 6.61 Å². The van der Waals surface area contributed by atoms with Gasteiger partial charge in [-0.2, -0.15) is 0 Å². The maximum absolute atomic E-state index is 12.5. The van der Waals surface area contributed by atoms with Crippen LogP contribution in [0, 0.1) is 0 Å². The number of hydrogen-bond acceptors (Lipinski definition) is 4. The van der Waals surface area contributed by atoms with E-state index in [1.165, 1.54) is 0 Å². The third-order valence-electron chi connectivity index (χ3n) is 4.35. The molecule has 0 radical (unpaired) electrons. The molecule has 0 aliphatic heterocycles. The summed E-state index contributed by atoms with van der Waals surface area (Å²) in [4.78, 5) is 28.3. The van der Waals surface area contributed by atoms with Gasteiger partial charge in [0, 0.05) is 23.0 Å². The molecule has 1 atom stereocenters. The van der Waals surface area contributed by atoms with E-state index in [0.717, 1.165) is 41.4 Å². The van der Waals surface area contributed by atoms with Crippen molar-refractivity contribution in [1.82, 2.24) is 10.3 Å². The van der Waals surface area contributed by atoms with Crippen molar-refractivity contribution in [1.29, 1.82) is 0 Å². The number of amides is 1. The molecule has 0 unspecified atom stereocenters. The lowest BCUT2D eigenvalue weighted by atomic mass is 10.00. The van der Waals surface area contributed by atoms with Crippen LogP contribution >= 0.6 is 0 Å². The first-order chi connectivity index (χ1) is 13.2. The topological polar surface area (TPSA) is 80.4 Å². The van der Waals surface area contributed by atoms with Gasteiger partial charge in [-0.25, -0.2) is 9.59 Å². The van der Waals surface area contributed by atoms with Crippen LogP contribution in [-0.2, 0) is 27.1 Å². The Balaban J connectivity index is 2.32. The lowest BCUT2D eigenvalue weighted by molar-refractivity contribution is -0.145. The molecule has 2 rings (SSSR count). The Morgan fingerprint density at radius 1 is 1.18 bits per heavy atom. The van der Waals surface area contributed by atoms with Gasteiger partial charge in [-0.1, -0.05) is 31.5 Å². The van der Waals surface area contributed by atoms with E-state index in [1.54, 1.807) is 27.7 Å². The summed E-state index contributed by atoms with van der Waals surface area (Å²) < 4.78 is 10.5. The van der Waals surface area contributed by atoms with Gasteiger partial charge in [0.1, 0.15) is 11.6 Å². The largest absolute Gasteiger partial charge is 0.464 e. The number of para-hydroxylation sites is 1. The summed E-state index contributed by atoms with van der Waals surface area (Å²) in [6.45, 7) is 9.51. The minimum atomic E-state index is -0.811. The highest BCUT2D eigenvalue weighted by molar-refractivity contribution is 5.87. The normalized spacial score (nSPS) is 12.6. The molecule has 0 aliphatic carbocycles. The molecule has 6 heteroatoms. The highest BCUT2D eigenvalue weighted by atomic mass is 16.6. The van der Waals surface area contributed by atoms with Crippen molar-refractivity contribution >= 4 is 23.0 Å². The highest BCUT2D eigenvalue weighted by Gasteiger charge is 2.27. The summed E-state index contributed by atoms with van der Waals surface area (Å²) in [5.41, 5.74) is 2.53. The average molecular weight is 389 g/mol. The standard InChI is InChI=1S/C22H32N2O4/c1-6-8-12-18-16(15-11-9-10-13-17(15)23-18)14-19(20(25)27-7-2)24-21(26)28-22(3,4)5/h9-11,13,19,23H,6-8,12,14H2,1-5H3,(H,24,26)/t19-/m0/s1. The number of unbranched alkanes of at least 4 members (excludes halogenated alkanes) is 1. The number of fused-ring (bicyclic) bond motifs is 1. The molecule has 154 valence electrons. The zero-order valence-corrected chi connectivity index (χ0v) is 17.6. The quantitative estimate of drug-likeness (QED) is 0.652. The van der Waals surface area contributed by atoms with E-state index in [0.29, 0.717) is 6.42 Å². The summed E-state index contributed by atoms with van der Waals surface area (Å²) in [5, 5.41) is 3.76. The number of H-pyrrole nitrogens is 1. The van der Waals surface area contributed by atoms with Gasteiger partial charge in [0.25, 0.3) is 0 Å². The number of alkyl carbamates (subject to hydrolysis) is 1. The van der Waals surface area contributed by atoms with Crippen molar-refractivity contribution in [2.75, 3.05) is 6.61 Å². The minimum absolute atomic E-state index is 0.252. The number of carbonyl (C=O) groups is 2. The first-order valence-electron chi connectivity index (χ1n) is 9.99. The Morgan fingerprint density at radius 2 is 1.89 bits per heavy atom.